The Balaban J connectivity index is 1.63. The van der Waals surface area contributed by atoms with Crippen molar-refractivity contribution in [3.05, 3.63) is 65.2 Å². The van der Waals surface area contributed by atoms with Gasteiger partial charge in [-0.15, -0.1) is 0 Å². The summed E-state index contributed by atoms with van der Waals surface area (Å²) in [5.74, 6) is 0.00919. The zero-order valence-electron chi connectivity index (χ0n) is 20.8. The Bertz CT molecular complexity index is 1100. The van der Waals surface area contributed by atoms with Gasteiger partial charge in [0, 0.05) is 44.5 Å². The number of likely N-dealkylation sites (tertiary alicyclic amines) is 2. The minimum atomic E-state index is -1.29. The average molecular weight is 479 g/mol. The van der Waals surface area contributed by atoms with Crippen LogP contribution in [0.5, 0.6) is 5.75 Å². The van der Waals surface area contributed by atoms with Gasteiger partial charge < -0.3 is 14.4 Å². The average Bonchev–Trinajstić information content (AvgIpc) is 3.11. The summed E-state index contributed by atoms with van der Waals surface area (Å²) in [7, 11) is 3.07. The van der Waals surface area contributed by atoms with Crippen LogP contribution in [0.4, 0.5) is 0 Å². The van der Waals surface area contributed by atoms with E-state index in [2.05, 4.69) is 31.2 Å². The topological polar surface area (TPSA) is 76.2 Å². The smallest absolute Gasteiger partial charge is 0.241 e. The predicted octanol–water partition coefficient (Wildman–Crippen LogP) is 3.44. The Kier molecular flexibility index (Phi) is 7.55. The summed E-state index contributed by atoms with van der Waals surface area (Å²) < 4.78 is 10.7. The molecule has 2 atom stereocenters. The molecule has 0 radical (unpaired) electrons. The molecule has 2 aliphatic rings. The van der Waals surface area contributed by atoms with Crippen LogP contribution in [-0.2, 0) is 24.5 Å². The van der Waals surface area contributed by atoms with Gasteiger partial charge >= 0.3 is 0 Å². The van der Waals surface area contributed by atoms with Crippen LogP contribution in [0.3, 0.4) is 0 Å². The Hall–Kier alpha value is -3.19. The van der Waals surface area contributed by atoms with Gasteiger partial charge in [0.25, 0.3) is 0 Å². The molecule has 35 heavy (non-hydrogen) atoms. The lowest BCUT2D eigenvalue weighted by molar-refractivity contribution is -0.143. The van der Waals surface area contributed by atoms with E-state index in [0.29, 0.717) is 24.4 Å². The zero-order valence-corrected chi connectivity index (χ0v) is 20.8. The summed E-state index contributed by atoms with van der Waals surface area (Å²) in [5.41, 5.74) is 1.73. The molecule has 4 rings (SSSR count). The van der Waals surface area contributed by atoms with Crippen LogP contribution in [-0.4, -0.2) is 68.0 Å². The molecule has 2 fully saturated rings. The standard InChI is InChI=1S/C28H34N2O5/c1-20-8-6-9-21(16-20)22-10-7-13-29(19-22)25(31)17-28(23-11-4-5-12-24(23)35-3)18-26(32)30(27(28)33)14-15-34-2/h4-6,8-9,11-12,16,22H,7,10,13-15,17-19H2,1-3H3/t22-,28-/m1/s1. The first kappa shape index (κ1) is 24.9. The van der Waals surface area contributed by atoms with Gasteiger partial charge in [0.05, 0.1) is 25.7 Å². The van der Waals surface area contributed by atoms with Crippen LogP contribution in [0.25, 0.3) is 0 Å². The van der Waals surface area contributed by atoms with E-state index >= 15 is 0 Å². The first-order valence-corrected chi connectivity index (χ1v) is 12.2. The number of methoxy groups -OCH3 is 2. The predicted molar refractivity (Wildman–Crippen MR) is 132 cm³/mol. The Morgan fingerprint density at radius 2 is 1.91 bits per heavy atom. The second kappa shape index (κ2) is 10.6. The molecule has 2 heterocycles. The van der Waals surface area contributed by atoms with Crippen LogP contribution in [0, 0.1) is 6.92 Å². The van der Waals surface area contributed by atoms with Crippen molar-refractivity contribution >= 4 is 17.7 Å². The van der Waals surface area contributed by atoms with Crippen molar-refractivity contribution in [2.24, 2.45) is 0 Å². The fourth-order valence-electron chi connectivity index (χ4n) is 5.46. The molecule has 0 aromatic heterocycles. The van der Waals surface area contributed by atoms with Crippen LogP contribution in [0.2, 0.25) is 0 Å². The summed E-state index contributed by atoms with van der Waals surface area (Å²) in [6.07, 6.45) is 1.80. The third kappa shape index (κ3) is 4.96. The molecule has 7 nitrogen and oxygen atoms in total. The monoisotopic (exact) mass is 478 g/mol. The lowest BCUT2D eigenvalue weighted by Gasteiger charge is -2.36. The van der Waals surface area contributed by atoms with E-state index in [1.807, 2.05) is 17.0 Å². The van der Waals surface area contributed by atoms with E-state index in [1.54, 1.807) is 12.1 Å². The van der Waals surface area contributed by atoms with Gasteiger partial charge in [-0.25, -0.2) is 0 Å². The number of hydrogen-bond acceptors (Lipinski definition) is 5. The molecule has 0 spiro atoms. The number of carbonyl (C=O) groups excluding carboxylic acids is 3. The molecule has 2 aromatic carbocycles. The first-order chi connectivity index (χ1) is 16.9. The number of benzene rings is 2. The minimum absolute atomic E-state index is 0.0587. The minimum Gasteiger partial charge on any atom is -0.496 e. The van der Waals surface area contributed by atoms with Crippen LogP contribution < -0.4 is 4.74 Å². The second-order valence-corrected chi connectivity index (χ2v) is 9.57. The summed E-state index contributed by atoms with van der Waals surface area (Å²) in [6, 6.07) is 15.6. The van der Waals surface area contributed by atoms with Crippen molar-refractivity contribution in [2.75, 3.05) is 40.5 Å². The van der Waals surface area contributed by atoms with Crippen LogP contribution in [0.15, 0.2) is 48.5 Å². The quantitative estimate of drug-likeness (QED) is 0.544. The summed E-state index contributed by atoms with van der Waals surface area (Å²) in [5, 5.41) is 0. The molecule has 2 aliphatic heterocycles. The number of rotatable bonds is 8. The number of aryl methyl sites for hydroxylation is 1. The van der Waals surface area contributed by atoms with Crippen molar-refractivity contribution in [3.63, 3.8) is 0 Å². The third-order valence-corrected chi connectivity index (χ3v) is 7.29. The van der Waals surface area contributed by atoms with E-state index in [9.17, 15) is 14.4 Å². The van der Waals surface area contributed by atoms with Crippen LogP contribution >= 0.6 is 0 Å². The SMILES string of the molecule is COCCN1C(=O)C[C@](CC(=O)N2CCC[C@@H](c3cccc(C)c3)C2)(c2ccccc2OC)C1=O. The highest BCUT2D eigenvalue weighted by molar-refractivity contribution is 6.11. The highest BCUT2D eigenvalue weighted by Gasteiger charge is 2.55. The number of para-hydroxylation sites is 1. The molecule has 2 saturated heterocycles. The van der Waals surface area contributed by atoms with Gasteiger partial charge in [-0.2, -0.15) is 0 Å². The molecule has 7 heteroatoms. The number of piperidine rings is 1. The molecule has 2 aromatic rings. The van der Waals surface area contributed by atoms with E-state index < -0.39 is 5.41 Å². The fourth-order valence-corrected chi connectivity index (χ4v) is 5.46. The normalized spacial score (nSPS) is 22.5. The molecular formula is C28H34N2O5. The van der Waals surface area contributed by atoms with Gasteiger partial charge in [-0.1, -0.05) is 48.0 Å². The van der Waals surface area contributed by atoms with Crippen molar-refractivity contribution < 1.29 is 23.9 Å². The lowest BCUT2D eigenvalue weighted by atomic mass is 9.75. The number of nitrogens with zero attached hydrogens (tertiary/aromatic N) is 2. The highest BCUT2D eigenvalue weighted by Crippen LogP contribution is 2.44. The Morgan fingerprint density at radius 1 is 1.11 bits per heavy atom. The summed E-state index contributed by atoms with van der Waals surface area (Å²) >= 11 is 0. The molecule has 0 unspecified atom stereocenters. The zero-order chi connectivity index (χ0) is 25.0. The fraction of sp³-hybridized carbons (Fsp3) is 0.464. The molecule has 0 N–H and O–H groups in total. The van der Waals surface area contributed by atoms with E-state index in [1.165, 1.54) is 30.2 Å². The Labute approximate surface area is 207 Å². The molecular weight excluding hydrogens is 444 g/mol. The molecule has 0 saturated carbocycles. The molecule has 0 aliphatic carbocycles. The van der Waals surface area contributed by atoms with Gasteiger partial charge in [0.1, 0.15) is 5.75 Å². The third-order valence-electron chi connectivity index (χ3n) is 7.29. The molecule has 186 valence electrons. The van der Waals surface area contributed by atoms with E-state index in [4.69, 9.17) is 9.47 Å². The van der Waals surface area contributed by atoms with Gasteiger partial charge in [-0.05, 0) is 31.4 Å². The largest absolute Gasteiger partial charge is 0.496 e. The van der Waals surface area contributed by atoms with Crippen molar-refractivity contribution in [1.29, 1.82) is 0 Å². The first-order valence-electron chi connectivity index (χ1n) is 12.2. The van der Waals surface area contributed by atoms with Gasteiger partial charge in [-0.3, -0.25) is 19.3 Å². The maximum Gasteiger partial charge on any atom is 0.241 e. The number of amides is 3. The van der Waals surface area contributed by atoms with E-state index in [-0.39, 0.29) is 49.6 Å². The maximum absolute atomic E-state index is 13.8. The number of imide groups is 1. The van der Waals surface area contributed by atoms with E-state index in [0.717, 1.165) is 12.8 Å². The lowest BCUT2D eigenvalue weighted by Crippen LogP contribution is -2.46. The Morgan fingerprint density at radius 3 is 2.66 bits per heavy atom. The summed E-state index contributed by atoms with van der Waals surface area (Å²) in [4.78, 5) is 43.6. The van der Waals surface area contributed by atoms with Crippen LogP contribution in [0.1, 0.15) is 48.3 Å². The summed E-state index contributed by atoms with van der Waals surface area (Å²) in [6.45, 7) is 3.75. The molecule has 0 bridgehead atoms. The van der Waals surface area contributed by atoms with Gasteiger partial charge in [0.2, 0.25) is 17.7 Å². The van der Waals surface area contributed by atoms with Crippen molar-refractivity contribution in [1.82, 2.24) is 9.80 Å². The highest BCUT2D eigenvalue weighted by atomic mass is 16.5. The number of carbonyl (C=O) groups is 3. The number of ether oxygens (including phenoxy) is 2. The van der Waals surface area contributed by atoms with Gasteiger partial charge in [0.15, 0.2) is 0 Å². The van der Waals surface area contributed by atoms with Crippen molar-refractivity contribution in [2.45, 2.75) is 43.9 Å². The number of hydrogen-bond donors (Lipinski definition) is 0. The maximum atomic E-state index is 13.8. The second-order valence-electron chi connectivity index (χ2n) is 9.57. The molecule has 3 amide bonds. The van der Waals surface area contributed by atoms with Crippen molar-refractivity contribution in [3.8, 4) is 5.75 Å².